The molecule has 16 heavy (non-hydrogen) atoms. The van der Waals surface area contributed by atoms with Gasteiger partial charge in [0.05, 0.1) is 6.61 Å². The summed E-state index contributed by atoms with van der Waals surface area (Å²) < 4.78 is 4.98. The molecule has 0 aromatic rings. The van der Waals surface area contributed by atoms with Gasteiger partial charge in [0, 0.05) is 7.05 Å². The van der Waals surface area contributed by atoms with Crippen LogP contribution < -0.4 is 10.9 Å². The third kappa shape index (κ3) is 2.48. The molecule has 1 aliphatic heterocycles. The second-order valence-corrected chi connectivity index (χ2v) is 3.49. The Kier molecular flexibility index (Phi) is 4.59. The molecule has 0 aromatic heterocycles. The van der Waals surface area contributed by atoms with E-state index < -0.39 is 43.0 Å². The number of amides is 1. The van der Waals surface area contributed by atoms with Gasteiger partial charge >= 0.3 is 0 Å². The molecule has 0 aliphatic carbocycles. The number of hydrazine groups is 1. The number of aliphatic hydroxyl groups excluding tert-OH is 4. The van der Waals surface area contributed by atoms with E-state index >= 15 is 0 Å². The number of ether oxygens (including phenoxy) is 1. The number of carbonyl (C=O) groups excluding carboxylic acids is 1. The standard InChI is InChI=1S/C8H16N2O6/c1-9-10-8(15)7-6(14)5(13)4(12)3(2-11)16-7/h3-7,9,11-14H,2H2,1H3,(H,10,15). The fourth-order valence-corrected chi connectivity index (χ4v) is 1.51. The lowest BCUT2D eigenvalue weighted by Crippen LogP contribution is -2.63. The SMILES string of the molecule is CNNC(=O)C1OC(CO)C(O)C(O)C1O. The van der Waals surface area contributed by atoms with E-state index in [-0.39, 0.29) is 0 Å². The minimum atomic E-state index is -1.55. The molecule has 1 heterocycles. The molecule has 6 N–H and O–H groups in total. The summed E-state index contributed by atoms with van der Waals surface area (Å²) in [7, 11) is 1.45. The van der Waals surface area contributed by atoms with E-state index in [1.807, 2.05) is 0 Å². The van der Waals surface area contributed by atoms with Gasteiger partial charge in [0.1, 0.15) is 24.4 Å². The van der Waals surface area contributed by atoms with Gasteiger partial charge in [-0.05, 0) is 0 Å². The van der Waals surface area contributed by atoms with Crippen molar-refractivity contribution in [1.29, 1.82) is 0 Å². The Hall–Kier alpha value is -0.770. The first kappa shape index (κ1) is 13.3. The molecule has 8 nitrogen and oxygen atoms in total. The smallest absolute Gasteiger partial charge is 0.266 e. The Morgan fingerprint density at radius 2 is 1.88 bits per heavy atom. The van der Waals surface area contributed by atoms with Crippen molar-refractivity contribution in [2.75, 3.05) is 13.7 Å². The highest BCUT2D eigenvalue weighted by Gasteiger charge is 2.46. The molecule has 5 atom stereocenters. The monoisotopic (exact) mass is 236 g/mol. The Bertz CT molecular complexity index is 249. The summed E-state index contributed by atoms with van der Waals surface area (Å²) in [5.41, 5.74) is 4.52. The molecule has 1 amide bonds. The summed E-state index contributed by atoms with van der Waals surface area (Å²) in [4.78, 5) is 11.4. The molecule has 0 radical (unpaired) electrons. The van der Waals surface area contributed by atoms with Gasteiger partial charge in [-0.1, -0.05) is 0 Å². The number of rotatable bonds is 3. The predicted octanol–water partition coefficient (Wildman–Crippen LogP) is -3.92. The summed E-state index contributed by atoms with van der Waals surface area (Å²) in [6.07, 6.45) is -6.97. The van der Waals surface area contributed by atoms with E-state index in [0.29, 0.717) is 0 Å². The van der Waals surface area contributed by atoms with Gasteiger partial charge in [-0.3, -0.25) is 10.2 Å². The third-order valence-electron chi connectivity index (χ3n) is 2.40. The largest absolute Gasteiger partial charge is 0.394 e. The zero-order chi connectivity index (χ0) is 12.3. The lowest BCUT2D eigenvalue weighted by atomic mass is 9.95. The van der Waals surface area contributed by atoms with Gasteiger partial charge in [-0.2, -0.15) is 0 Å². The lowest BCUT2D eigenvalue weighted by Gasteiger charge is -2.39. The van der Waals surface area contributed by atoms with Crippen LogP contribution in [0, 0.1) is 0 Å². The van der Waals surface area contributed by atoms with Crippen LogP contribution in [0.1, 0.15) is 0 Å². The van der Waals surface area contributed by atoms with Crippen molar-refractivity contribution in [3.05, 3.63) is 0 Å². The number of aliphatic hydroxyl groups is 4. The Balaban J connectivity index is 2.74. The van der Waals surface area contributed by atoms with Crippen LogP contribution in [-0.2, 0) is 9.53 Å². The van der Waals surface area contributed by atoms with Crippen LogP contribution in [0.25, 0.3) is 0 Å². The molecule has 8 heteroatoms. The molecule has 5 unspecified atom stereocenters. The second-order valence-electron chi connectivity index (χ2n) is 3.49. The van der Waals surface area contributed by atoms with Crippen LogP contribution >= 0.6 is 0 Å². The zero-order valence-corrected chi connectivity index (χ0v) is 8.70. The van der Waals surface area contributed by atoms with Crippen molar-refractivity contribution < 1.29 is 30.0 Å². The van der Waals surface area contributed by atoms with Gasteiger partial charge < -0.3 is 25.2 Å². The summed E-state index contributed by atoms with van der Waals surface area (Å²) in [6.45, 7) is -0.561. The maximum atomic E-state index is 11.4. The van der Waals surface area contributed by atoms with Crippen LogP contribution in [0.15, 0.2) is 0 Å². The quantitative estimate of drug-likeness (QED) is 0.276. The fraction of sp³-hybridized carbons (Fsp3) is 0.875. The number of nitrogens with one attached hydrogen (secondary N) is 2. The molecule has 1 fully saturated rings. The maximum Gasteiger partial charge on any atom is 0.266 e. The van der Waals surface area contributed by atoms with Crippen molar-refractivity contribution in [2.24, 2.45) is 0 Å². The summed E-state index contributed by atoms with van der Waals surface area (Å²) in [5.74, 6) is -0.695. The van der Waals surface area contributed by atoms with Crippen LogP contribution in [0.3, 0.4) is 0 Å². The average Bonchev–Trinajstić information content (AvgIpc) is 2.27. The van der Waals surface area contributed by atoms with Crippen molar-refractivity contribution in [1.82, 2.24) is 10.9 Å². The van der Waals surface area contributed by atoms with Gasteiger partial charge in [-0.15, -0.1) is 0 Å². The highest BCUT2D eigenvalue weighted by Crippen LogP contribution is 2.20. The normalized spacial score (nSPS) is 39.4. The molecule has 1 aliphatic rings. The summed E-state index contributed by atoms with van der Waals surface area (Å²) >= 11 is 0. The number of carbonyl (C=O) groups is 1. The molecular weight excluding hydrogens is 220 g/mol. The molecule has 1 rings (SSSR count). The summed E-state index contributed by atoms with van der Waals surface area (Å²) in [6, 6.07) is 0. The zero-order valence-electron chi connectivity index (χ0n) is 8.70. The van der Waals surface area contributed by atoms with Crippen LogP contribution in [0.4, 0.5) is 0 Å². The second kappa shape index (κ2) is 5.53. The molecule has 0 aromatic carbocycles. The van der Waals surface area contributed by atoms with Crippen LogP contribution in [0.2, 0.25) is 0 Å². The van der Waals surface area contributed by atoms with Crippen LogP contribution in [0.5, 0.6) is 0 Å². The average molecular weight is 236 g/mol. The van der Waals surface area contributed by atoms with E-state index in [1.54, 1.807) is 0 Å². The van der Waals surface area contributed by atoms with E-state index in [1.165, 1.54) is 7.05 Å². The first-order valence-electron chi connectivity index (χ1n) is 4.80. The van der Waals surface area contributed by atoms with Crippen LogP contribution in [-0.4, -0.2) is 70.5 Å². The predicted molar refractivity (Wildman–Crippen MR) is 51.0 cm³/mol. The van der Waals surface area contributed by atoms with Gasteiger partial charge in [0.2, 0.25) is 0 Å². The molecule has 1 saturated heterocycles. The van der Waals surface area contributed by atoms with Crippen molar-refractivity contribution in [3.8, 4) is 0 Å². The highest BCUT2D eigenvalue weighted by atomic mass is 16.5. The lowest BCUT2D eigenvalue weighted by molar-refractivity contribution is -0.227. The highest BCUT2D eigenvalue weighted by molar-refractivity contribution is 5.81. The summed E-state index contributed by atoms with van der Waals surface area (Å²) in [5, 5.41) is 37.2. The Morgan fingerprint density at radius 1 is 1.25 bits per heavy atom. The van der Waals surface area contributed by atoms with Crippen molar-refractivity contribution in [3.63, 3.8) is 0 Å². The van der Waals surface area contributed by atoms with E-state index in [2.05, 4.69) is 10.9 Å². The third-order valence-corrected chi connectivity index (χ3v) is 2.40. The van der Waals surface area contributed by atoms with E-state index in [0.717, 1.165) is 0 Å². The topological polar surface area (TPSA) is 131 Å². The van der Waals surface area contributed by atoms with E-state index in [9.17, 15) is 20.1 Å². The molecule has 0 saturated carbocycles. The fourth-order valence-electron chi connectivity index (χ4n) is 1.51. The minimum Gasteiger partial charge on any atom is -0.394 e. The first-order valence-corrected chi connectivity index (χ1v) is 4.80. The maximum absolute atomic E-state index is 11.4. The van der Waals surface area contributed by atoms with Crippen molar-refractivity contribution in [2.45, 2.75) is 30.5 Å². The molecule has 0 bridgehead atoms. The Morgan fingerprint density at radius 3 is 2.38 bits per heavy atom. The molecule has 94 valence electrons. The molecule has 0 spiro atoms. The number of hydrogen-bond donors (Lipinski definition) is 6. The number of hydrogen-bond acceptors (Lipinski definition) is 7. The Labute approximate surface area is 91.8 Å². The van der Waals surface area contributed by atoms with Gasteiger partial charge in [0.15, 0.2) is 6.10 Å². The first-order chi connectivity index (χ1) is 7.52. The van der Waals surface area contributed by atoms with E-state index in [4.69, 9.17) is 9.84 Å². The molecular formula is C8H16N2O6. The minimum absolute atomic E-state index is 0.561. The van der Waals surface area contributed by atoms with Gasteiger partial charge in [-0.25, -0.2) is 5.43 Å². The van der Waals surface area contributed by atoms with Crippen molar-refractivity contribution >= 4 is 5.91 Å². The van der Waals surface area contributed by atoms with Gasteiger partial charge in [0.25, 0.3) is 5.91 Å².